The molecule has 1 aromatic rings. The second-order valence-corrected chi connectivity index (χ2v) is 5.99. The van der Waals surface area contributed by atoms with Crippen LogP contribution in [0.4, 0.5) is 5.82 Å². The molecule has 92 valence electrons. The quantitative estimate of drug-likeness (QED) is 0.786. The monoisotopic (exact) mass is 295 g/mol. The van der Waals surface area contributed by atoms with Gasteiger partial charge in [-0.2, -0.15) is 0 Å². The third-order valence-electron chi connectivity index (χ3n) is 4.09. The van der Waals surface area contributed by atoms with Gasteiger partial charge in [-0.15, -0.1) is 0 Å². The van der Waals surface area contributed by atoms with Gasteiger partial charge >= 0.3 is 0 Å². The van der Waals surface area contributed by atoms with Gasteiger partial charge in [0, 0.05) is 25.6 Å². The van der Waals surface area contributed by atoms with Crippen LogP contribution in [-0.4, -0.2) is 23.1 Å². The standard InChI is InChI=1S/C13H18BrN3/c1-2-12-15-11(14)6-13(16-12)17-7-9-4-3-5-10(9)8-17/h6,9-10H,2-5,7-8H2,1H3. The lowest BCUT2D eigenvalue weighted by Crippen LogP contribution is -2.22. The Hall–Kier alpha value is -0.640. The number of nitrogens with zero attached hydrogens (tertiary/aromatic N) is 3. The molecule has 2 fully saturated rings. The van der Waals surface area contributed by atoms with Gasteiger partial charge in [0.15, 0.2) is 0 Å². The second kappa shape index (κ2) is 4.56. The minimum Gasteiger partial charge on any atom is -0.356 e. The number of hydrogen-bond donors (Lipinski definition) is 0. The molecular weight excluding hydrogens is 278 g/mol. The van der Waals surface area contributed by atoms with Crippen molar-refractivity contribution in [3.05, 3.63) is 16.5 Å². The Morgan fingerprint density at radius 2 is 2.00 bits per heavy atom. The van der Waals surface area contributed by atoms with E-state index in [4.69, 9.17) is 0 Å². The fourth-order valence-corrected chi connectivity index (χ4v) is 3.60. The Morgan fingerprint density at radius 3 is 2.65 bits per heavy atom. The van der Waals surface area contributed by atoms with E-state index in [9.17, 15) is 0 Å². The van der Waals surface area contributed by atoms with Crippen LogP contribution in [0.5, 0.6) is 0 Å². The summed E-state index contributed by atoms with van der Waals surface area (Å²) >= 11 is 3.48. The first kappa shape index (κ1) is 11.5. The third-order valence-corrected chi connectivity index (χ3v) is 4.50. The van der Waals surface area contributed by atoms with Crippen LogP contribution in [0.3, 0.4) is 0 Å². The van der Waals surface area contributed by atoms with Crippen LogP contribution in [0.25, 0.3) is 0 Å². The van der Waals surface area contributed by atoms with Gasteiger partial charge in [0.1, 0.15) is 16.2 Å². The maximum absolute atomic E-state index is 4.65. The lowest BCUT2D eigenvalue weighted by atomic mass is 10.0. The highest BCUT2D eigenvalue weighted by atomic mass is 79.9. The van der Waals surface area contributed by atoms with E-state index in [1.807, 2.05) is 0 Å². The molecule has 2 atom stereocenters. The fraction of sp³-hybridized carbons (Fsp3) is 0.692. The molecule has 1 aliphatic carbocycles. The van der Waals surface area contributed by atoms with Crippen LogP contribution in [-0.2, 0) is 6.42 Å². The van der Waals surface area contributed by atoms with E-state index in [1.54, 1.807) is 0 Å². The van der Waals surface area contributed by atoms with Gasteiger partial charge in [0.2, 0.25) is 0 Å². The number of anilines is 1. The van der Waals surface area contributed by atoms with Crippen LogP contribution < -0.4 is 4.90 Å². The number of halogens is 1. The summed E-state index contributed by atoms with van der Waals surface area (Å²) in [6.45, 7) is 4.48. The smallest absolute Gasteiger partial charge is 0.133 e. The Bertz CT molecular complexity index is 409. The van der Waals surface area contributed by atoms with Crippen molar-refractivity contribution in [2.24, 2.45) is 11.8 Å². The molecule has 0 bridgehead atoms. The van der Waals surface area contributed by atoms with Crippen molar-refractivity contribution >= 4 is 21.7 Å². The summed E-state index contributed by atoms with van der Waals surface area (Å²) in [6, 6.07) is 2.06. The molecular formula is C13H18BrN3. The van der Waals surface area contributed by atoms with Crippen molar-refractivity contribution in [2.75, 3.05) is 18.0 Å². The third kappa shape index (κ3) is 2.19. The predicted molar refractivity (Wildman–Crippen MR) is 72.2 cm³/mol. The Morgan fingerprint density at radius 1 is 1.29 bits per heavy atom. The van der Waals surface area contributed by atoms with Gasteiger partial charge in [-0.3, -0.25) is 0 Å². The summed E-state index contributed by atoms with van der Waals surface area (Å²) in [4.78, 5) is 11.5. The van der Waals surface area contributed by atoms with E-state index in [-0.39, 0.29) is 0 Å². The Kier molecular flexibility index (Phi) is 3.07. The van der Waals surface area contributed by atoms with Gasteiger partial charge in [-0.05, 0) is 40.6 Å². The van der Waals surface area contributed by atoms with E-state index in [0.717, 1.165) is 34.5 Å². The molecule has 0 spiro atoms. The zero-order valence-electron chi connectivity index (χ0n) is 10.2. The summed E-state index contributed by atoms with van der Waals surface area (Å²) in [5, 5.41) is 0. The first-order valence-corrected chi connectivity index (χ1v) is 7.34. The highest BCUT2D eigenvalue weighted by Gasteiger charge is 2.36. The number of rotatable bonds is 2. The number of hydrogen-bond acceptors (Lipinski definition) is 3. The van der Waals surface area contributed by atoms with E-state index in [1.165, 1.54) is 32.4 Å². The molecule has 17 heavy (non-hydrogen) atoms. The topological polar surface area (TPSA) is 29.0 Å². The zero-order valence-corrected chi connectivity index (χ0v) is 11.8. The van der Waals surface area contributed by atoms with Crippen molar-refractivity contribution in [3.63, 3.8) is 0 Å². The van der Waals surface area contributed by atoms with E-state index < -0.39 is 0 Å². The van der Waals surface area contributed by atoms with Crippen molar-refractivity contribution in [3.8, 4) is 0 Å². The Labute approximate surface area is 111 Å². The molecule has 2 heterocycles. The van der Waals surface area contributed by atoms with E-state index >= 15 is 0 Å². The average Bonchev–Trinajstić information content (AvgIpc) is 2.88. The van der Waals surface area contributed by atoms with Crippen molar-refractivity contribution < 1.29 is 0 Å². The van der Waals surface area contributed by atoms with E-state index in [0.29, 0.717) is 0 Å². The predicted octanol–water partition coefficient (Wildman–Crippen LogP) is 3.04. The lowest BCUT2D eigenvalue weighted by Gasteiger charge is -2.19. The van der Waals surface area contributed by atoms with Crippen LogP contribution in [0.1, 0.15) is 32.0 Å². The normalized spacial score (nSPS) is 27.5. The van der Waals surface area contributed by atoms with Gasteiger partial charge in [-0.1, -0.05) is 13.3 Å². The van der Waals surface area contributed by atoms with Gasteiger partial charge in [-0.25, -0.2) is 9.97 Å². The maximum Gasteiger partial charge on any atom is 0.133 e. The molecule has 0 N–H and O–H groups in total. The largest absolute Gasteiger partial charge is 0.356 e. The van der Waals surface area contributed by atoms with Crippen molar-refractivity contribution in [1.29, 1.82) is 0 Å². The van der Waals surface area contributed by atoms with Crippen LogP contribution in [0.15, 0.2) is 10.7 Å². The van der Waals surface area contributed by atoms with E-state index in [2.05, 4.69) is 43.8 Å². The molecule has 1 saturated heterocycles. The van der Waals surface area contributed by atoms with Gasteiger partial charge in [0.05, 0.1) is 0 Å². The molecule has 2 aliphatic rings. The van der Waals surface area contributed by atoms with Gasteiger partial charge in [0.25, 0.3) is 0 Å². The number of aryl methyl sites for hydroxylation is 1. The highest BCUT2D eigenvalue weighted by molar-refractivity contribution is 9.10. The summed E-state index contributed by atoms with van der Waals surface area (Å²) < 4.78 is 0.913. The lowest BCUT2D eigenvalue weighted by molar-refractivity contribution is 0.494. The molecule has 0 radical (unpaired) electrons. The second-order valence-electron chi connectivity index (χ2n) is 5.17. The average molecular weight is 296 g/mol. The summed E-state index contributed by atoms with van der Waals surface area (Å²) in [6.07, 6.45) is 5.14. The summed E-state index contributed by atoms with van der Waals surface area (Å²) in [7, 11) is 0. The molecule has 4 heteroatoms. The van der Waals surface area contributed by atoms with Crippen LogP contribution in [0, 0.1) is 11.8 Å². The number of aromatic nitrogens is 2. The molecule has 0 aromatic carbocycles. The van der Waals surface area contributed by atoms with Crippen molar-refractivity contribution in [2.45, 2.75) is 32.6 Å². The highest BCUT2D eigenvalue weighted by Crippen LogP contribution is 2.39. The molecule has 0 amide bonds. The Balaban J connectivity index is 1.82. The number of fused-ring (bicyclic) bond motifs is 1. The maximum atomic E-state index is 4.65. The zero-order chi connectivity index (χ0) is 11.8. The molecule has 2 unspecified atom stereocenters. The summed E-state index contributed by atoms with van der Waals surface area (Å²) in [5.74, 6) is 3.87. The van der Waals surface area contributed by atoms with Gasteiger partial charge < -0.3 is 4.90 Å². The molecule has 3 nitrogen and oxygen atoms in total. The SMILES string of the molecule is CCc1nc(Br)cc(N2CC3CCCC3C2)n1. The molecule has 1 saturated carbocycles. The minimum atomic E-state index is 0.896. The first-order valence-electron chi connectivity index (χ1n) is 6.54. The minimum absolute atomic E-state index is 0.896. The fourth-order valence-electron chi connectivity index (χ4n) is 3.19. The van der Waals surface area contributed by atoms with Crippen LogP contribution >= 0.6 is 15.9 Å². The molecule has 1 aliphatic heterocycles. The molecule has 3 rings (SSSR count). The first-order chi connectivity index (χ1) is 8.26. The summed E-state index contributed by atoms with van der Waals surface area (Å²) in [5.41, 5.74) is 0. The van der Waals surface area contributed by atoms with Crippen LogP contribution in [0.2, 0.25) is 0 Å². The van der Waals surface area contributed by atoms with Crippen molar-refractivity contribution in [1.82, 2.24) is 9.97 Å². The molecule has 1 aromatic heterocycles.